The fourth-order valence-electron chi connectivity index (χ4n) is 4.02. The SMILES string of the molecule is C[C@@H](NC(=O)c1cccnc1)C(=O)N1CCc2c(cccc2-c2ccc(C(F)(F)F)cc2)C1. The van der Waals surface area contributed by atoms with Gasteiger partial charge in [-0.2, -0.15) is 13.2 Å². The highest BCUT2D eigenvalue weighted by Gasteiger charge is 2.30. The van der Waals surface area contributed by atoms with Gasteiger partial charge in [-0.3, -0.25) is 14.6 Å². The van der Waals surface area contributed by atoms with Crippen LogP contribution in [0.2, 0.25) is 0 Å². The summed E-state index contributed by atoms with van der Waals surface area (Å²) < 4.78 is 38.7. The van der Waals surface area contributed by atoms with Gasteiger partial charge in [-0.05, 0) is 59.9 Å². The van der Waals surface area contributed by atoms with Crippen LogP contribution in [0.5, 0.6) is 0 Å². The Morgan fingerprint density at radius 3 is 2.48 bits per heavy atom. The zero-order valence-corrected chi connectivity index (χ0v) is 17.9. The Morgan fingerprint density at radius 2 is 1.82 bits per heavy atom. The van der Waals surface area contributed by atoms with Crippen molar-refractivity contribution in [2.24, 2.45) is 0 Å². The van der Waals surface area contributed by atoms with Crippen molar-refractivity contribution < 1.29 is 22.8 Å². The van der Waals surface area contributed by atoms with Gasteiger partial charge < -0.3 is 10.2 Å². The van der Waals surface area contributed by atoms with Crippen LogP contribution in [0.3, 0.4) is 0 Å². The summed E-state index contributed by atoms with van der Waals surface area (Å²) in [5, 5.41) is 2.71. The van der Waals surface area contributed by atoms with Gasteiger partial charge in [-0.15, -0.1) is 0 Å². The second-order valence-corrected chi connectivity index (χ2v) is 7.97. The number of carbonyl (C=O) groups excluding carboxylic acids is 2. The first kappa shape index (κ1) is 22.5. The summed E-state index contributed by atoms with van der Waals surface area (Å²) >= 11 is 0. The van der Waals surface area contributed by atoms with Gasteiger partial charge in [-0.1, -0.05) is 30.3 Å². The van der Waals surface area contributed by atoms with Crippen molar-refractivity contribution >= 4 is 11.8 Å². The number of nitrogens with one attached hydrogen (secondary N) is 1. The molecule has 1 aliphatic rings. The molecule has 2 amide bonds. The van der Waals surface area contributed by atoms with Gasteiger partial charge in [0.2, 0.25) is 5.91 Å². The first-order valence-electron chi connectivity index (χ1n) is 10.5. The number of rotatable bonds is 4. The van der Waals surface area contributed by atoms with E-state index in [4.69, 9.17) is 0 Å². The molecule has 1 N–H and O–H groups in total. The van der Waals surface area contributed by atoms with Crippen LogP contribution < -0.4 is 5.32 Å². The van der Waals surface area contributed by atoms with Gasteiger partial charge in [0.15, 0.2) is 0 Å². The van der Waals surface area contributed by atoms with E-state index in [1.54, 1.807) is 30.2 Å². The first-order chi connectivity index (χ1) is 15.7. The number of fused-ring (bicyclic) bond motifs is 1. The molecule has 0 aliphatic carbocycles. The monoisotopic (exact) mass is 453 g/mol. The number of nitrogens with zero attached hydrogens (tertiary/aromatic N) is 2. The molecular weight excluding hydrogens is 431 g/mol. The van der Waals surface area contributed by atoms with Crippen LogP contribution >= 0.6 is 0 Å². The minimum Gasteiger partial charge on any atom is -0.340 e. The van der Waals surface area contributed by atoms with Crippen molar-refractivity contribution in [2.45, 2.75) is 32.1 Å². The molecule has 5 nitrogen and oxygen atoms in total. The van der Waals surface area contributed by atoms with E-state index in [2.05, 4.69) is 10.3 Å². The lowest BCUT2D eigenvalue weighted by atomic mass is 9.90. The van der Waals surface area contributed by atoms with E-state index >= 15 is 0 Å². The fraction of sp³-hybridized carbons (Fsp3) is 0.240. The standard InChI is InChI=1S/C25H22F3N3O2/c1-16(30-23(32)18-5-3-12-29-14-18)24(33)31-13-11-22-19(15-31)4-2-6-21(22)17-7-9-20(10-8-17)25(26,27)28/h2-10,12,14,16H,11,13,15H2,1H3,(H,30,32)/t16-/m1/s1. The molecule has 8 heteroatoms. The molecule has 33 heavy (non-hydrogen) atoms. The van der Waals surface area contributed by atoms with Crippen LogP contribution in [0, 0.1) is 0 Å². The molecule has 0 bridgehead atoms. The summed E-state index contributed by atoms with van der Waals surface area (Å²) in [7, 11) is 0. The summed E-state index contributed by atoms with van der Waals surface area (Å²) in [4.78, 5) is 30.9. The van der Waals surface area contributed by atoms with Gasteiger partial charge in [0, 0.05) is 25.5 Å². The lowest BCUT2D eigenvalue weighted by Gasteiger charge is -2.32. The molecule has 2 aromatic carbocycles. The van der Waals surface area contributed by atoms with Crippen molar-refractivity contribution in [3.05, 3.63) is 89.2 Å². The Balaban J connectivity index is 1.48. The van der Waals surface area contributed by atoms with E-state index in [1.165, 1.54) is 18.3 Å². The van der Waals surface area contributed by atoms with Crippen molar-refractivity contribution in [3.8, 4) is 11.1 Å². The highest BCUT2D eigenvalue weighted by Crippen LogP contribution is 2.34. The average Bonchev–Trinajstić information content (AvgIpc) is 2.82. The van der Waals surface area contributed by atoms with Gasteiger partial charge in [0.25, 0.3) is 5.91 Å². The minimum atomic E-state index is -4.38. The van der Waals surface area contributed by atoms with E-state index in [-0.39, 0.29) is 11.8 Å². The van der Waals surface area contributed by atoms with E-state index in [1.807, 2.05) is 18.2 Å². The van der Waals surface area contributed by atoms with Gasteiger partial charge in [0.1, 0.15) is 6.04 Å². The Bertz CT molecular complexity index is 1160. The van der Waals surface area contributed by atoms with Gasteiger partial charge in [-0.25, -0.2) is 0 Å². The van der Waals surface area contributed by atoms with Gasteiger partial charge in [0.05, 0.1) is 11.1 Å². The highest BCUT2D eigenvalue weighted by molar-refractivity contribution is 5.97. The molecule has 0 saturated heterocycles. The molecule has 0 radical (unpaired) electrons. The molecule has 4 rings (SSSR count). The molecule has 3 aromatic rings. The number of halogens is 3. The number of hydrogen-bond donors (Lipinski definition) is 1. The number of benzene rings is 2. The largest absolute Gasteiger partial charge is 0.416 e. The molecule has 1 atom stereocenters. The van der Waals surface area contributed by atoms with Crippen molar-refractivity contribution in [1.82, 2.24) is 15.2 Å². The first-order valence-corrected chi connectivity index (χ1v) is 10.5. The second-order valence-electron chi connectivity index (χ2n) is 7.97. The molecule has 0 unspecified atom stereocenters. The lowest BCUT2D eigenvalue weighted by Crippen LogP contribution is -2.48. The summed E-state index contributed by atoms with van der Waals surface area (Å²) in [5.74, 6) is -0.566. The summed E-state index contributed by atoms with van der Waals surface area (Å²) in [6.07, 6.45) is -0.803. The zero-order valence-electron chi connectivity index (χ0n) is 17.9. The third-order valence-electron chi connectivity index (χ3n) is 5.74. The van der Waals surface area contributed by atoms with Crippen molar-refractivity contribution in [2.75, 3.05) is 6.54 Å². The van der Waals surface area contributed by atoms with E-state index in [0.717, 1.165) is 28.8 Å². The predicted octanol–water partition coefficient (Wildman–Crippen LogP) is 4.47. The van der Waals surface area contributed by atoms with Crippen molar-refractivity contribution in [1.29, 1.82) is 0 Å². The van der Waals surface area contributed by atoms with Crippen LogP contribution in [-0.4, -0.2) is 34.3 Å². The quantitative estimate of drug-likeness (QED) is 0.634. The lowest BCUT2D eigenvalue weighted by molar-refractivity contribution is -0.137. The van der Waals surface area contributed by atoms with E-state index in [9.17, 15) is 22.8 Å². The maximum atomic E-state index is 13.0. The molecule has 170 valence electrons. The predicted molar refractivity (Wildman–Crippen MR) is 117 cm³/mol. The highest BCUT2D eigenvalue weighted by atomic mass is 19.4. The summed E-state index contributed by atoms with van der Waals surface area (Å²) in [6, 6.07) is 13.3. The molecule has 0 fully saturated rings. The van der Waals surface area contributed by atoms with Crippen LogP contribution in [-0.2, 0) is 23.9 Å². The average molecular weight is 453 g/mol. The molecular formula is C25H22F3N3O2. The molecule has 0 saturated carbocycles. The van der Waals surface area contributed by atoms with Crippen LogP contribution in [0.15, 0.2) is 67.0 Å². The molecule has 2 heterocycles. The van der Waals surface area contributed by atoms with Crippen LogP contribution in [0.25, 0.3) is 11.1 Å². The topological polar surface area (TPSA) is 62.3 Å². The maximum absolute atomic E-state index is 13.0. The number of alkyl halides is 3. The molecule has 0 spiro atoms. The van der Waals surface area contributed by atoms with Gasteiger partial charge >= 0.3 is 6.18 Å². The van der Waals surface area contributed by atoms with Crippen molar-refractivity contribution in [3.63, 3.8) is 0 Å². The van der Waals surface area contributed by atoms with Crippen LogP contribution in [0.1, 0.15) is 34.0 Å². The third kappa shape index (κ3) is 4.89. The summed E-state index contributed by atoms with van der Waals surface area (Å²) in [5.41, 5.74) is 3.23. The van der Waals surface area contributed by atoms with E-state index < -0.39 is 17.8 Å². The number of amides is 2. The third-order valence-corrected chi connectivity index (χ3v) is 5.74. The Hall–Kier alpha value is -3.68. The van der Waals surface area contributed by atoms with Crippen LogP contribution in [0.4, 0.5) is 13.2 Å². The number of aromatic nitrogens is 1. The Kier molecular flexibility index (Phi) is 6.18. The number of hydrogen-bond acceptors (Lipinski definition) is 3. The normalized spacial score (nSPS) is 14.4. The fourth-order valence-corrected chi connectivity index (χ4v) is 4.02. The zero-order chi connectivity index (χ0) is 23.6. The summed E-state index contributed by atoms with van der Waals surface area (Å²) in [6.45, 7) is 2.47. The maximum Gasteiger partial charge on any atom is 0.416 e. The molecule has 1 aromatic heterocycles. The van der Waals surface area contributed by atoms with E-state index in [0.29, 0.717) is 30.6 Å². The Morgan fingerprint density at radius 1 is 1.06 bits per heavy atom. The number of pyridine rings is 1. The number of carbonyl (C=O) groups is 2. The smallest absolute Gasteiger partial charge is 0.340 e. The minimum absolute atomic E-state index is 0.196. The molecule has 1 aliphatic heterocycles. The Labute approximate surface area is 189 Å². The second kappa shape index (κ2) is 9.05.